The van der Waals surface area contributed by atoms with Gasteiger partial charge in [-0.25, -0.2) is 9.59 Å². The van der Waals surface area contributed by atoms with Gasteiger partial charge in [-0.15, -0.1) is 0 Å². The molecule has 2 rings (SSSR count). The topological polar surface area (TPSA) is 137 Å². The summed E-state index contributed by atoms with van der Waals surface area (Å²) >= 11 is 0. The molecule has 0 bridgehead atoms. The van der Waals surface area contributed by atoms with E-state index in [1.807, 2.05) is 30.3 Å². The molecule has 1 fully saturated rings. The van der Waals surface area contributed by atoms with Gasteiger partial charge in [-0.3, -0.25) is 5.32 Å². The Morgan fingerprint density at radius 2 is 1.77 bits per heavy atom. The van der Waals surface area contributed by atoms with E-state index in [2.05, 4.69) is 16.0 Å². The number of nitrogens with one attached hydrogen (secondary N) is 3. The first kappa shape index (κ1) is 33.8. The number of amides is 2. The number of alkyl carbamates (subject to hydrolysis) is 2. The average molecular weight is 568 g/mol. The maximum Gasteiger partial charge on any atom is 0.408 e. The van der Waals surface area contributed by atoms with E-state index in [0.29, 0.717) is 25.6 Å². The molecule has 3 atom stereocenters. The highest BCUT2D eigenvalue weighted by molar-refractivity contribution is 5.68. The van der Waals surface area contributed by atoms with Crippen LogP contribution in [-0.4, -0.2) is 81.5 Å². The van der Waals surface area contributed by atoms with Crippen molar-refractivity contribution in [3.63, 3.8) is 0 Å². The number of aliphatic hydroxyl groups is 1. The minimum absolute atomic E-state index is 0.0771. The third-order valence-corrected chi connectivity index (χ3v) is 6.49. The van der Waals surface area contributed by atoms with Crippen LogP contribution in [0.3, 0.4) is 0 Å². The quantitative estimate of drug-likeness (QED) is 0.164. The van der Waals surface area contributed by atoms with Crippen LogP contribution in [0.25, 0.3) is 0 Å². The van der Waals surface area contributed by atoms with E-state index in [4.69, 9.17) is 23.7 Å². The van der Waals surface area contributed by atoms with Crippen molar-refractivity contribution in [2.24, 2.45) is 5.92 Å². The Labute approximate surface area is 238 Å². The fraction of sp³-hybridized carbons (Fsp3) is 0.724. The second kappa shape index (κ2) is 18.8. The molecule has 11 nitrogen and oxygen atoms in total. The largest absolute Gasteiger partial charge is 0.445 e. The van der Waals surface area contributed by atoms with Gasteiger partial charge in [0.15, 0.2) is 0 Å². The number of carbonyl (C=O) groups excluding carboxylic acids is 2. The van der Waals surface area contributed by atoms with Gasteiger partial charge in [0.25, 0.3) is 0 Å². The zero-order valence-corrected chi connectivity index (χ0v) is 24.5. The van der Waals surface area contributed by atoms with Gasteiger partial charge in [0, 0.05) is 13.7 Å². The lowest BCUT2D eigenvalue weighted by Crippen LogP contribution is -2.54. The Hall–Kier alpha value is -2.44. The van der Waals surface area contributed by atoms with E-state index in [1.165, 1.54) is 6.42 Å². The summed E-state index contributed by atoms with van der Waals surface area (Å²) in [6.07, 6.45) is 3.32. The molecule has 0 spiro atoms. The van der Waals surface area contributed by atoms with Gasteiger partial charge in [0.05, 0.1) is 32.0 Å². The number of benzene rings is 1. The summed E-state index contributed by atoms with van der Waals surface area (Å²) in [7, 11) is 1.58. The van der Waals surface area contributed by atoms with Crippen LogP contribution in [0.4, 0.5) is 9.59 Å². The standard InChI is InChI=1S/C29H49N3O8/c1-29(2,3)40-28(35)32-24(17-22-11-7-5-8-12-22)26(39-21-37-16-15-36-4)25(33)18-30-20-31-27(34)38-19-23-13-9-6-10-14-23/h6,9-10,13-14,22,24-26,30,33H,5,7-8,11-12,15-21H2,1-4H3,(H,31,34)(H,32,35)/t24-,25-,26+/m0/s1. The van der Waals surface area contributed by atoms with Crippen molar-refractivity contribution in [3.05, 3.63) is 35.9 Å². The van der Waals surface area contributed by atoms with Crippen molar-refractivity contribution in [3.8, 4) is 0 Å². The smallest absolute Gasteiger partial charge is 0.408 e. The third kappa shape index (κ3) is 14.8. The zero-order valence-electron chi connectivity index (χ0n) is 24.5. The molecule has 1 aliphatic rings. The Bertz CT molecular complexity index is 830. The Morgan fingerprint density at radius 3 is 2.45 bits per heavy atom. The first-order valence-electron chi connectivity index (χ1n) is 14.2. The molecule has 0 radical (unpaired) electrons. The SMILES string of the molecule is COCCOCO[C@H]([C@H](CC1CCCCC1)NC(=O)OC(C)(C)C)[C@@H](O)CNCNC(=O)OCc1ccccc1. The number of hydrogen-bond donors (Lipinski definition) is 4. The van der Waals surface area contributed by atoms with E-state index in [-0.39, 0.29) is 26.6 Å². The van der Waals surface area contributed by atoms with Crippen molar-refractivity contribution < 1.29 is 38.4 Å². The molecular weight excluding hydrogens is 518 g/mol. The fourth-order valence-corrected chi connectivity index (χ4v) is 4.58. The van der Waals surface area contributed by atoms with Gasteiger partial charge in [-0.2, -0.15) is 0 Å². The maximum atomic E-state index is 12.8. The fourth-order valence-electron chi connectivity index (χ4n) is 4.58. The van der Waals surface area contributed by atoms with Crippen molar-refractivity contribution >= 4 is 12.2 Å². The van der Waals surface area contributed by atoms with Gasteiger partial charge in [-0.05, 0) is 38.7 Å². The van der Waals surface area contributed by atoms with Gasteiger partial charge < -0.3 is 39.4 Å². The average Bonchev–Trinajstić information content (AvgIpc) is 2.91. The van der Waals surface area contributed by atoms with Gasteiger partial charge in [0.1, 0.15) is 25.1 Å². The number of aliphatic hydroxyl groups excluding tert-OH is 1. The van der Waals surface area contributed by atoms with Crippen molar-refractivity contribution in [2.75, 3.05) is 40.3 Å². The van der Waals surface area contributed by atoms with Gasteiger partial charge in [0.2, 0.25) is 0 Å². The molecule has 4 N–H and O–H groups in total. The zero-order chi connectivity index (χ0) is 29.2. The van der Waals surface area contributed by atoms with Crippen LogP contribution in [0.2, 0.25) is 0 Å². The highest BCUT2D eigenvalue weighted by atomic mass is 16.7. The summed E-state index contributed by atoms with van der Waals surface area (Å²) in [4.78, 5) is 24.8. The minimum atomic E-state index is -1.02. The molecule has 11 heteroatoms. The molecule has 0 saturated heterocycles. The van der Waals surface area contributed by atoms with Crippen molar-refractivity contribution in [2.45, 2.75) is 89.8 Å². The molecule has 228 valence electrons. The molecule has 0 aromatic heterocycles. The third-order valence-electron chi connectivity index (χ3n) is 6.49. The Kier molecular flexibility index (Phi) is 15.9. The molecule has 1 aromatic rings. The van der Waals surface area contributed by atoms with Crippen LogP contribution in [0.15, 0.2) is 30.3 Å². The number of ether oxygens (including phenoxy) is 5. The second-order valence-electron chi connectivity index (χ2n) is 11.1. The molecule has 1 aliphatic carbocycles. The number of hydrogen-bond acceptors (Lipinski definition) is 9. The summed E-state index contributed by atoms with van der Waals surface area (Å²) in [5.41, 5.74) is 0.218. The van der Waals surface area contributed by atoms with Crippen LogP contribution >= 0.6 is 0 Å². The normalized spacial score (nSPS) is 16.5. The Balaban J connectivity index is 1.97. The second-order valence-corrected chi connectivity index (χ2v) is 11.1. The van der Waals surface area contributed by atoms with E-state index in [0.717, 1.165) is 31.2 Å². The van der Waals surface area contributed by atoms with Crippen LogP contribution in [0.1, 0.15) is 64.9 Å². The number of methoxy groups -OCH3 is 1. The first-order chi connectivity index (χ1) is 19.2. The van der Waals surface area contributed by atoms with E-state index in [1.54, 1.807) is 27.9 Å². The van der Waals surface area contributed by atoms with Crippen LogP contribution < -0.4 is 16.0 Å². The lowest BCUT2D eigenvalue weighted by Gasteiger charge is -2.35. The Morgan fingerprint density at radius 1 is 1.05 bits per heavy atom. The molecule has 0 unspecified atom stereocenters. The molecule has 2 amide bonds. The van der Waals surface area contributed by atoms with Crippen molar-refractivity contribution in [1.29, 1.82) is 0 Å². The predicted molar refractivity (Wildman–Crippen MR) is 151 cm³/mol. The highest BCUT2D eigenvalue weighted by Gasteiger charge is 2.34. The van der Waals surface area contributed by atoms with Crippen LogP contribution in [-0.2, 0) is 30.3 Å². The first-order valence-corrected chi connectivity index (χ1v) is 14.2. The van der Waals surface area contributed by atoms with Gasteiger partial charge in [-0.1, -0.05) is 62.4 Å². The summed E-state index contributed by atoms with van der Waals surface area (Å²) in [5, 5.41) is 19.7. The van der Waals surface area contributed by atoms with E-state index in [9.17, 15) is 14.7 Å². The summed E-state index contributed by atoms with van der Waals surface area (Å²) in [5.74, 6) is 0.399. The summed E-state index contributed by atoms with van der Waals surface area (Å²) in [6, 6.07) is 8.88. The summed E-state index contributed by atoms with van der Waals surface area (Å²) < 4.78 is 27.2. The lowest BCUT2D eigenvalue weighted by atomic mass is 9.83. The summed E-state index contributed by atoms with van der Waals surface area (Å²) in [6.45, 7) is 6.41. The predicted octanol–water partition coefficient (Wildman–Crippen LogP) is 3.69. The molecule has 40 heavy (non-hydrogen) atoms. The highest BCUT2D eigenvalue weighted by Crippen LogP contribution is 2.29. The maximum absolute atomic E-state index is 12.8. The lowest BCUT2D eigenvalue weighted by molar-refractivity contribution is -0.140. The number of carbonyl (C=O) groups is 2. The molecule has 0 heterocycles. The van der Waals surface area contributed by atoms with E-state index >= 15 is 0 Å². The number of rotatable bonds is 17. The minimum Gasteiger partial charge on any atom is -0.445 e. The molecule has 1 saturated carbocycles. The van der Waals surface area contributed by atoms with E-state index < -0.39 is 36.0 Å². The van der Waals surface area contributed by atoms with Gasteiger partial charge >= 0.3 is 12.2 Å². The molecule has 1 aromatic carbocycles. The molecular formula is C29H49N3O8. The van der Waals surface area contributed by atoms with Crippen LogP contribution in [0, 0.1) is 5.92 Å². The molecule has 0 aliphatic heterocycles. The van der Waals surface area contributed by atoms with Crippen molar-refractivity contribution in [1.82, 2.24) is 16.0 Å². The van der Waals surface area contributed by atoms with Crippen LogP contribution in [0.5, 0.6) is 0 Å². The monoisotopic (exact) mass is 567 g/mol.